The molecule has 0 saturated carbocycles. The van der Waals surface area contributed by atoms with E-state index in [1.54, 1.807) is 0 Å². The number of thiophene rings is 1. The van der Waals surface area contributed by atoms with Crippen molar-refractivity contribution in [3.8, 4) is 0 Å². The molecule has 2 saturated heterocycles. The summed E-state index contributed by atoms with van der Waals surface area (Å²) in [5.74, 6) is -0.241. The van der Waals surface area contributed by atoms with Crippen molar-refractivity contribution in [3.63, 3.8) is 0 Å². The Kier molecular flexibility index (Phi) is 4.95. The summed E-state index contributed by atoms with van der Waals surface area (Å²) >= 11 is 1.44. The van der Waals surface area contributed by atoms with E-state index in [1.807, 2.05) is 46.8 Å². The maximum absolute atomic E-state index is 13.2. The molecule has 1 aromatic rings. The highest BCUT2D eigenvalue weighted by Gasteiger charge is 2.47. The van der Waals surface area contributed by atoms with Crippen LogP contribution in [0.15, 0.2) is 12.1 Å². The molecule has 26 heavy (non-hydrogen) atoms. The molecule has 1 aromatic heterocycles. The van der Waals surface area contributed by atoms with Crippen molar-refractivity contribution in [2.24, 2.45) is 5.73 Å². The van der Waals surface area contributed by atoms with Crippen LogP contribution in [0.3, 0.4) is 0 Å². The monoisotopic (exact) mass is 378 g/mol. The number of rotatable bonds is 4. The van der Waals surface area contributed by atoms with E-state index in [0.717, 1.165) is 35.4 Å². The van der Waals surface area contributed by atoms with Gasteiger partial charge in [-0.2, -0.15) is 0 Å². The normalized spacial score (nSPS) is 24.0. The number of nitrogens with two attached hydrogens (primary N) is 1. The van der Waals surface area contributed by atoms with Crippen LogP contribution >= 0.6 is 11.3 Å². The fraction of sp³-hybridized carbons (Fsp3) is 0.700. The van der Waals surface area contributed by atoms with Crippen molar-refractivity contribution in [1.82, 2.24) is 4.90 Å². The molecule has 2 aliphatic rings. The molecule has 1 amide bonds. The lowest BCUT2D eigenvalue weighted by molar-refractivity contribution is -0.156. The number of ether oxygens (including phenoxy) is 1. The second-order valence-electron chi connectivity index (χ2n) is 9.01. The molecule has 2 aliphatic heterocycles. The van der Waals surface area contributed by atoms with Crippen LogP contribution in [-0.4, -0.2) is 34.5 Å². The van der Waals surface area contributed by atoms with Gasteiger partial charge >= 0.3 is 5.97 Å². The van der Waals surface area contributed by atoms with Crippen LogP contribution < -0.4 is 5.73 Å². The fourth-order valence-corrected chi connectivity index (χ4v) is 5.10. The molecule has 3 rings (SSSR count). The SMILES string of the molecule is CC(C)(C)OC(=O)C(N)c1ccc(C(C)(C)C(=O)N2C3CCC2CC3)s1. The number of hydrogen-bond acceptors (Lipinski definition) is 5. The van der Waals surface area contributed by atoms with E-state index in [0.29, 0.717) is 12.1 Å². The highest BCUT2D eigenvalue weighted by Crippen LogP contribution is 2.42. The minimum atomic E-state index is -0.818. The average molecular weight is 379 g/mol. The zero-order valence-electron chi connectivity index (χ0n) is 16.4. The first-order valence-electron chi connectivity index (χ1n) is 9.42. The van der Waals surface area contributed by atoms with Gasteiger partial charge in [-0.15, -0.1) is 11.3 Å². The maximum atomic E-state index is 13.2. The van der Waals surface area contributed by atoms with Crippen molar-refractivity contribution in [2.75, 3.05) is 0 Å². The van der Waals surface area contributed by atoms with E-state index in [2.05, 4.69) is 4.90 Å². The van der Waals surface area contributed by atoms with E-state index >= 15 is 0 Å². The summed E-state index contributed by atoms with van der Waals surface area (Å²) in [4.78, 5) is 29.3. The molecule has 1 unspecified atom stereocenters. The Balaban J connectivity index is 1.75. The van der Waals surface area contributed by atoms with E-state index in [1.165, 1.54) is 11.3 Å². The van der Waals surface area contributed by atoms with Crippen LogP contribution in [0, 0.1) is 0 Å². The quantitative estimate of drug-likeness (QED) is 0.814. The van der Waals surface area contributed by atoms with Gasteiger partial charge in [0, 0.05) is 21.8 Å². The minimum absolute atomic E-state index is 0.196. The Hall–Kier alpha value is -1.40. The van der Waals surface area contributed by atoms with E-state index < -0.39 is 23.0 Å². The Bertz CT molecular complexity index is 684. The lowest BCUT2D eigenvalue weighted by Gasteiger charge is -2.31. The molecule has 5 nitrogen and oxygen atoms in total. The molecular formula is C20H30N2O3S. The molecule has 0 aromatic carbocycles. The van der Waals surface area contributed by atoms with Gasteiger partial charge < -0.3 is 15.4 Å². The van der Waals surface area contributed by atoms with Crippen molar-refractivity contribution in [3.05, 3.63) is 21.9 Å². The molecule has 0 spiro atoms. The number of esters is 1. The molecule has 6 heteroatoms. The largest absolute Gasteiger partial charge is 0.459 e. The van der Waals surface area contributed by atoms with E-state index in [-0.39, 0.29) is 5.91 Å². The summed E-state index contributed by atoms with van der Waals surface area (Å²) in [5.41, 5.74) is 4.92. The summed E-state index contributed by atoms with van der Waals surface area (Å²) < 4.78 is 5.38. The zero-order valence-corrected chi connectivity index (χ0v) is 17.2. The topological polar surface area (TPSA) is 72.6 Å². The van der Waals surface area contributed by atoms with Crippen molar-refractivity contribution in [2.45, 2.75) is 89.4 Å². The van der Waals surface area contributed by atoms with Crippen LogP contribution in [0.5, 0.6) is 0 Å². The Labute approximate surface area is 159 Å². The number of amides is 1. The average Bonchev–Trinajstić information content (AvgIpc) is 3.27. The third kappa shape index (κ3) is 3.54. The summed E-state index contributed by atoms with van der Waals surface area (Å²) in [6, 6.07) is 3.79. The molecule has 2 bridgehead atoms. The minimum Gasteiger partial charge on any atom is -0.459 e. The van der Waals surface area contributed by atoms with Crippen LogP contribution in [0.25, 0.3) is 0 Å². The Morgan fingerprint density at radius 3 is 2.15 bits per heavy atom. The second kappa shape index (κ2) is 6.64. The summed E-state index contributed by atoms with van der Waals surface area (Å²) in [7, 11) is 0. The van der Waals surface area contributed by atoms with Gasteiger partial charge in [-0.25, -0.2) is 4.79 Å². The summed E-state index contributed by atoms with van der Waals surface area (Å²) in [6.45, 7) is 9.42. The third-order valence-electron chi connectivity index (χ3n) is 5.43. The molecule has 144 valence electrons. The smallest absolute Gasteiger partial charge is 0.328 e. The lowest BCUT2D eigenvalue weighted by Crippen LogP contribution is -2.45. The molecule has 2 fully saturated rings. The van der Waals surface area contributed by atoms with Gasteiger partial charge in [0.2, 0.25) is 5.91 Å². The first kappa shape index (κ1) is 19.4. The predicted molar refractivity (Wildman–Crippen MR) is 103 cm³/mol. The third-order valence-corrected chi connectivity index (χ3v) is 6.92. The van der Waals surface area contributed by atoms with Crippen LogP contribution in [0.4, 0.5) is 0 Å². The van der Waals surface area contributed by atoms with Crippen molar-refractivity contribution in [1.29, 1.82) is 0 Å². The van der Waals surface area contributed by atoms with Crippen LogP contribution in [0.1, 0.15) is 76.1 Å². The number of fused-ring (bicyclic) bond motifs is 2. The second-order valence-corrected chi connectivity index (χ2v) is 10.1. The molecule has 0 aliphatic carbocycles. The number of hydrogen-bond donors (Lipinski definition) is 1. The summed E-state index contributed by atoms with van der Waals surface area (Å²) in [6.07, 6.45) is 4.52. The summed E-state index contributed by atoms with van der Waals surface area (Å²) in [5, 5.41) is 0. The molecule has 0 radical (unpaired) electrons. The van der Waals surface area contributed by atoms with Crippen LogP contribution in [0.2, 0.25) is 0 Å². The van der Waals surface area contributed by atoms with Gasteiger partial charge in [0.15, 0.2) is 0 Å². The van der Waals surface area contributed by atoms with Gasteiger partial charge in [0.1, 0.15) is 11.6 Å². The van der Waals surface area contributed by atoms with Crippen LogP contribution in [-0.2, 0) is 19.7 Å². The van der Waals surface area contributed by atoms with Gasteiger partial charge in [0.25, 0.3) is 0 Å². The van der Waals surface area contributed by atoms with Gasteiger partial charge in [-0.1, -0.05) is 0 Å². The molecule has 2 N–H and O–H groups in total. The Morgan fingerprint density at radius 1 is 1.12 bits per heavy atom. The maximum Gasteiger partial charge on any atom is 0.328 e. The standard InChI is InChI=1S/C20H30N2O3S/c1-19(2,3)25-17(23)16(21)14-10-11-15(26-14)20(4,5)18(24)22-12-6-7-13(22)9-8-12/h10-13,16H,6-9,21H2,1-5H3. The molecule has 1 atom stereocenters. The fourth-order valence-electron chi connectivity index (χ4n) is 4.01. The van der Waals surface area contributed by atoms with Gasteiger partial charge in [-0.05, 0) is 72.4 Å². The van der Waals surface area contributed by atoms with E-state index in [4.69, 9.17) is 10.5 Å². The van der Waals surface area contributed by atoms with Gasteiger partial charge in [-0.3, -0.25) is 4.79 Å². The Morgan fingerprint density at radius 2 is 1.65 bits per heavy atom. The first-order chi connectivity index (χ1) is 12.0. The first-order valence-corrected chi connectivity index (χ1v) is 10.2. The highest BCUT2D eigenvalue weighted by molar-refractivity contribution is 7.12. The number of carbonyl (C=O) groups is 2. The predicted octanol–water partition coefficient (Wildman–Crippen LogP) is 3.52. The van der Waals surface area contributed by atoms with Gasteiger partial charge in [0.05, 0.1) is 5.41 Å². The zero-order chi connectivity index (χ0) is 19.3. The van der Waals surface area contributed by atoms with Crippen molar-refractivity contribution < 1.29 is 14.3 Å². The molecule has 3 heterocycles. The van der Waals surface area contributed by atoms with E-state index in [9.17, 15) is 9.59 Å². The number of nitrogens with zero attached hydrogens (tertiary/aromatic N) is 1. The number of carbonyl (C=O) groups excluding carboxylic acids is 2. The lowest BCUT2D eigenvalue weighted by atomic mass is 9.89. The van der Waals surface area contributed by atoms with Crippen molar-refractivity contribution >= 4 is 23.2 Å². The molecular weight excluding hydrogens is 348 g/mol. The highest BCUT2D eigenvalue weighted by atomic mass is 32.1.